The summed E-state index contributed by atoms with van der Waals surface area (Å²) in [6.07, 6.45) is 14.7. The maximum absolute atomic E-state index is 12.4. The Morgan fingerprint density at radius 3 is 2.49 bits per heavy atom. The van der Waals surface area contributed by atoms with Crippen molar-refractivity contribution in [3.8, 4) is 0 Å². The van der Waals surface area contributed by atoms with Gasteiger partial charge in [-0.15, -0.1) is 0 Å². The number of aliphatic carboxylic acids is 2. The van der Waals surface area contributed by atoms with Gasteiger partial charge in [0.25, 0.3) is 0 Å². The van der Waals surface area contributed by atoms with E-state index in [1.54, 1.807) is 0 Å². The molecule has 0 radical (unpaired) electrons. The van der Waals surface area contributed by atoms with E-state index in [2.05, 4.69) is 46.4 Å². The van der Waals surface area contributed by atoms with Crippen molar-refractivity contribution >= 4 is 11.9 Å². The molecule has 0 saturated heterocycles. The summed E-state index contributed by atoms with van der Waals surface area (Å²) in [6, 6.07) is 0. The second-order valence-corrected chi connectivity index (χ2v) is 12.7. The normalized spacial score (nSPS) is 35.9. The number of hydrogen-bond donors (Lipinski definition) is 2. The topological polar surface area (TPSA) is 74.6 Å². The van der Waals surface area contributed by atoms with E-state index >= 15 is 0 Å². The summed E-state index contributed by atoms with van der Waals surface area (Å²) >= 11 is 0. The second kappa shape index (κ2) is 11.0. The van der Waals surface area contributed by atoms with Crippen LogP contribution in [0.5, 0.6) is 0 Å². The smallest absolute Gasteiger partial charge is 0.306 e. The van der Waals surface area contributed by atoms with Crippen molar-refractivity contribution in [2.45, 2.75) is 105 Å². The minimum Gasteiger partial charge on any atom is -0.481 e. The van der Waals surface area contributed by atoms with Crippen LogP contribution in [0, 0.1) is 40.4 Å². The zero-order chi connectivity index (χ0) is 26.0. The first-order valence-corrected chi connectivity index (χ1v) is 13.8. The van der Waals surface area contributed by atoms with E-state index in [0.29, 0.717) is 5.92 Å². The van der Waals surface area contributed by atoms with Gasteiger partial charge in [-0.3, -0.25) is 9.59 Å². The lowest BCUT2D eigenvalue weighted by Crippen LogP contribution is -2.53. The van der Waals surface area contributed by atoms with Crippen LogP contribution < -0.4 is 0 Å². The van der Waals surface area contributed by atoms with Gasteiger partial charge < -0.3 is 10.2 Å². The lowest BCUT2D eigenvalue weighted by Gasteiger charge is -2.61. The van der Waals surface area contributed by atoms with Crippen LogP contribution in [-0.4, -0.2) is 22.2 Å². The van der Waals surface area contributed by atoms with Gasteiger partial charge >= 0.3 is 11.9 Å². The molecule has 0 aromatic carbocycles. The lowest BCUT2D eigenvalue weighted by atomic mass is 9.44. The third-order valence-electron chi connectivity index (χ3n) is 10.3. The maximum atomic E-state index is 12.4. The number of rotatable bonds is 9. The van der Waals surface area contributed by atoms with E-state index in [1.807, 2.05) is 6.92 Å². The molecule has 0 aromatic heterocycles. The maximum Gasteiger partial charge on any atom is 0.306 e. The molecule has 0 spiro atoms. The second-order valence-electron chi connectivity index (χ2n) is 12.7. The molecule has 0 amide bonds. The summed E-state index contributed by atoms with van der Waals surface area (Å²) in [6.45, 7) is 15.2. The van der Waals surface area contributed by atoms with Gasteiger partial charge in [-0.05, 0) is 113 Å². The average Bonchev–Trinajstić information content (AvgIpc) is 2.75. The van der Waals surface area contributed by atoms with Crippen molar-refractivity contribution in [1.82, 2.24) is 0 Å². The predicted molar refractivity (Wildman–Crippen MR) is 142 cm³/mol. The van der Waals surface area contributed by atoms with Gasteiger partial charge in [0.15, 0.2) is 0 Å². The summed E-state index contributed by atoms with van der Waals surface area (Å²) in [5.41, 5.74) is 3.96. The predicted octanol–water partition coefficient (Wildman–Crippen LogP) is 8.05. The molecule has 0 heterocycles. The monoisotopic (exact) mass is 484 g/mol. The highest BCUT2D eigenvalue weighted by atomic mass is 16.4. The first-order chi connectivity index (χ1) is 16.4. The van der Waals surface area contributed by atoms with Crippen LogP contribution >= 0.6 is 0 Å². The molecule has 2 N–H and O–H groups in total. The fourth-order valence-corrected chi connectivity index (χ4v) is 8.09. The van der Waals surface area contributed by atoms with Crippen molar-refractivity contribution in [2.24, 2.45) is 40.4 Å². The number of carboxylic acids is 2. The molecule has 35 heavy (non-hydrogen) atoms. The van der Waals surface area contributed by atoms with Crippen molar-refractivity contribution in [2.75, 3.05) is 0 Å². The van der Waals surface area contributed by atoms with Crippen molar-refractivity contribution in [3.05, 3.63) is 35.5 Å². The standard InChI is InChI=1S/C31H48O4/c1-20(2)9-7-10-26(29(34)35)27-11-8-15-30(5)19-23(14-16-31(27,30)6)22-12-13-25(21(3)4)24(17-22)18-28(32)33/h9,12,23-27H,3,7-8,10-11,13-19H2,1-2,4-6H3,(H,32,33)(H,34,35). The molecular formula is C31H48O4. The van der Waals surface area contributed by atoms with Crippen LogP contribution in [0.3, 0.4) is 0 Å². The number of hydrogen-bond acceptors (Lipinski definition) is 2. The zero-order valence-electron chi connectivity index (χ0n) is 22.7. The van der Waals surface area contributed by atoms with Gasteiger partial charge in [0.05, 0.1) is 5.92 Å². The van der Waals surface area contributed by atoms with Crippen LogP contribution in [0.1, 0.15) is 105 Å². The molecule has 4 heteroatoms. The summed E-state index contributed by atoms with van der Waals surface area (Å²) in [4.78, 5) is 24.0. The summed E-state index contributed by atoms with van der Waals surface area (Å²) < 4.78 is 0. The third kappa shape index (κ3) is 5.94. The molecule has 196 valence electrons. The minimum atomic E-state index is -0.714. The number of allylic oxidation sites excluding steroid dienone is 5. The van der Waals surface area contributed by atoms with Crippen LogP contribution in [0.15, 0.2) is 35.5 Å². The number of carboxylic acid groups (broad SMARTS) is 2. The Balaban J connectivity index is 1.80. The van der Waals surface area contributed by atoms with Crippen LogP contribution in [0.25, 0.3) is 0 Å². The van der Waals surface area contributed by atoms with E-state index in [1.165, 1.54) is 11.1 Å². The van der Waals surface area contributed by atoms with E-state index in [9.17, 15) is 19.8 Å². The van der Waals surface area contributed by atoms with E-state index in [4.69, 9.17) is 0 Å². The van der Waals surface area contributed by atoms with Gasteiger partial charge in [0.2, 0.25) is 0 Å². The van der Waals surface area contributed by atoms with Gasteiger partial charge in [-0.2, -0.15) is 0 Å². The highest BCUT2D eigenvalue weighted by Gasteiger charge is 2.57. The van der Waals surface area contributed by atoms with E-state index < -0.39 is 11.9 Å². The van der Waals surface area contributed by atoms with E-state index in [-0.39, 0.29) is 40.9 Å². The fraction of sp³-hybridized carbons (Fsp3) is 0.742. The van der Waals surface area contributed by atoms with Crippen molar-refractivity contribution in [1.29, 1.82) is 0 Å². The lowest BCUT2D eigenvalue weighted by molar-refractivity contribution is -0.156. The van der Waals surface area contributed by atoms with Crippen LogP contribution in [-0.2, 0) is 9.59 Å². The van der Waals surface area contributed by atoms with Crippen LogP contribution in [0.4, 0.5) is 0 Å². The van der Waals surface area contributed by atoms with Crippen molar-refractivity contribution in [3.63, 3.8) is 0 Å². The highest BCUT2D eigenvalue weighted by Crippen LogP contribution is 2.65. The Hall–Kier alpha value is -1.84. The molecule has 7 unspecified atom stereocenters. The molecule has 7 atom stereocenters. The molecule has 3 aliphatic rings. The van der Waals surface area contributed by atoms with E-state index in [0.717, 1.165) is 69.8 Å². The molecule has 0 aromatic rings. The minimum absolute atomic E-state index is 0.0334. The van der Waals surface area contributed by atoms with Crippen LogP contribution in [0.2, 0.25) is 0 Å². The Morgan fingerprint density at radius 2 is 1.89 bits per heavy atom. The van der Waals surface area contributed by atoms with Gasteiger partial charge in [0, 0.05) is 6.42 Å². The molecular weight excluding hydrogens is 436 g/mol. The highest BCUT2D eigenvalue weighted by molar-refractivity contribution is 5.70. The molecule has 0 aliphatic heterocycles. The summed E-state index contributed by atoms with van der Waals surface area (Å²) in [5.74, 6) is -0.513. The zero-order valence-corrected chi connectivity index (χ0v) is 22.7. The quantitative estimate of drug-likeness (QED) is 0.325. The molecule has 3 rings (SSSR count). The number of fused-ring (bicyclic) bond motifs is 1. The fourth-order valence-electron chi connectivity index (χ4n) is 8.09. The first-order valence-electron chi connectivity index (χ1n) is 13.8. The van der Waals surface area contributed by atoms with Gasteiger partial charge in [0.1, 0.15) is 0 Å². The molecule has 2 saturated carbocycles. The SMILES string of the molecule is C=C(C)C1CC=C(C2CCC3(C)C(C(CCC=C(C)C)C(=O)O)CCCC3(C)C2)CC1CC(=O)O. The Morgan fingerprint density at radius 1 is 1.17 bits per heavy atom. The molecule has 0 bridgehead atoms. The summed E-state index contributed by atoms with van der Waals surface area (Å²) in [5, 5.41) is 19.7. The molecule has 2 fully saturated rings. The first kappa shape index (κ1) is 27.7. The van der Waals surface area contributed by atoms with Crippen molar-refractivity contribution < 1.29 is 19.8 Å². The average molecular weight is 485 g/mol. The van der Waals surface area contributed by atoms with Gasteiger partial charge in [-0.25, -0.2) is 0 Å². The molecule has 3 aliphatic carbocycles. The Bertz CT molecular complexity index is 878. The number of carbonyl (C=O) groups is 2. The Kier molecular flexibility index (Phi) is 8.76. The molecule has 4 nitrogen and oxygen atoms in total. The summed E-state index contributed by atoms with van der Waals surface area (Å²) in [7, 11) is 0. The Labute approximate surface area is 213 Å². The third-order valence-corrected chi connectivity index (χ3v) is 10.3. The van der Waals surface area contributed by atoms with Gasteiger partial charge in [-0.1, -0.05) is 55.7 Å². The largest absolute Gasteiger partial charge is 0.481 e.